The lowest BCUT2D eigenvalue weighted by atomic mass is 9.98. The van der Waals surface area contributed by atoms with Gasteiger partial charge in [0.1, 0.15) is 0 Å². The third-order valence-electron chi connectivity index (χ3n) is 6.78. The largest absolute Gasteiger partial charge is 0.321 e. The third-order valence-corrected chi connectivity index (χ3v) is 6.78. The standard InChI is InChI=1S/C28H34N8O/c1-19-12-21(7-6-20(19)8-9-26(37)22-13-31-36(15-22)28(2,3)4)25-10-11-29-27(33-25)32-23-14-30-35(16-23)24-17-34(5)18-24/h6-7,10-16,24H,8-9,17-18H2,1-5H3,(H,29,32,33). The van der Waals surface area contributed by atoms with Crippen LogP contribution in [0.3, 0.4) is 0 Å². The molecule has 9 heteroatoms. The van der Waals surface area contributed by atoms with Gasteiger partial charge in [0.2, 0.25) is 5.95 Å². The van der Waals surface area contributed by atoms with Gasteiger partial charge in [-0.2, -0.15) is 10.2 Å². The number of nitrogens with one attached hydrogen (secondary N) is 1. The van der Waals surface area contributed by atoms with Gasteiger partial charge in [-0.3, -0.25) is 14.2 Å². The van der Waals surface area contributed by atoms with Crippen LogP contribution in [-0.2, 0) is 12.0 Å². The molecule has 0 atom stereocenters. The minimum atomic E-state index is -0.142. The number of likely N-dealkylation sites (tertiary alicyclic amines) is 1. The van der Waals surface area contributed by atoms with Crippen molar-refractivity contribution >= 4 is 17.4 Å². The maximum atomic E-state index is 12.7. The van der Waals surface area contributed by atoms with Crippen molar-refractivity contribution in [2.75, 3.05) is 25.5 Å². The van der Waals surface area contributed by atoms with Crippen LogP contribution in [0.4, 0.5) is 11.6 Å². The minimum absolute atomic E-state index is 0.109. The van der Waals surface area contributed by atoms with E-state index in [1.165, 1.54) is 0 Å². The Labute approximate surface area is 217 Å². The van der Waals surface area contributed by atoms with Crippen molar-refractivity contribution in [3.8, 4) is 11.3 Å². The van der Waals surface area contributed by atoms with Crippen LogP contribution >= 0.6 is 0 Å². The van der Waals surface area contributed by atoms with Crippen LogP contribution in [0.1, 0.15) is 54.7 Å². The number of hydrogen-bond donors (Lipinski definition) is 1. The maximum Gasteiger partial charge on any atom is 0.227 e. The molecule has 1 aromatic carbocycles. The molecule has 1 saturated heterocycles. The zero-order valence-corrected chi connectivity index (χ0v) is 22.1. The van der Waals surface area contributed by atoms with Gasteiger partial charge in [-0.15, -0.1) is 0 Å². The van der Waals surface area contributed by atoms with Gasteiger partial charge in [0.25, 0.3) is 0 Å². The van der Waals surface area contributed by atoms with Crippen molar-refractivity contribution in [3.63, 3.8) is 0 Å². The van der Waals surface area contributed by atoms with E-state index in [-0.39, 0.29) is 11.3 Å². The molecule has 0 spiro atoms. The lowest BCUT2D eigenvalue weighted by molar-refractivity contribution is 0.0982. The monoisotopic (exact) mass is 498 g/mol. The summed E-state index contributed by atoms with van der Waals surface area (Å²) in [6.45, 7) is 10.3. The Hall–Kier alpha value is -3.85. The Morgan fingerprint density at radius 2 is 1.92 bits per heavy atom. The van der Waals surface area contributed by atoms with E-state index in [2.05, 4.69) is 78.3 Å². The van der Waals surface area contributed by atoms with Gasteiger partial charge in [0.15, 0.2) is 5.78 Å². The summed E-state index contributed by atoms with van der Waals surface area (Å²) in [7, 11) is 2.11. The molecule has 1 aliphatic rings. The number of hydrogen-bond acceptors (Lipinski definition) is 7. The Morgan fingerprint density at radius 3 is 2.62 bits per heavy atom. The molecular formula is C28H34N8O. The van der Waals surface area contributed by atoms with Crippen molar-refractivity contribution < 1.29 is 4.79 Å². The fourth-order valence-electron chi connectivity index (χ4n) is 4.51. The Bertz CT molecular complexity index is 1410. The highest BCUT2D eigenvalue weighted by Crippen LogP contribution is 2.25. The van der Waals surface area contributed by atoms with Gasteiger partial charge in [-0.1, -0.05) is 12.1 Å². The van der Waals surface area contributed by atoms with Crippen LogP contribution in [0.2, 0.25) is 0 Å². The van der Waals surface area contributed by atoms with Gasteiger partial charge in [-0.25, -0.2) is 9.97 Å². The zero-order chi connectivity index (χ0) is 26.2. The average molecular weight is 499 g/mol. The van der Waals surface area contributed by atoms with Crippen molar-refractivity contribution in [1.29, 1.82) is 0 Å². The first-order valence-electron chi connectivity index (χ1n) is 12.7. The number of benzene rings is 1. The highest BCUT2D eigenvalue weighted by atomic mass is 16.1. The number of Topliss-reactive ketones (excluding diaryl/α,β-unsaturated/α-hetero) is 1. The summed E-state index contributed by atoms with van der Waals surface area (Å²) in [4.78, 5) is 24.1. The summed E-state index contributed by atoms with van der Waals surface area (Å²) in [6, 6.07) is 8.59. The molecular weight excluding hydrogens is 464 g/mol. The van der Waals surface area contributed by atoms with Gasteiger partial charge >= 0.3 is 0 Å². The second kappa shape index (κ2) is 9.89. The van der Waals surface area contributed by atoms with E-state index in [4.69, 9.17) is 4.98 Å². The van der Waals surface area contributed by atoms with Gasteiger partial charge < -0.3 is 10.2 Å². The van der Waals surface area contributed by atoms with E-state index in [0.717, 1.165) is 41.2 Å². The first-order valence-corrected chi connectivity index (χ1v) is 12.7. The normalized spacial score (nSPS) is 14.5. The summed E-state index contributed by atoms with van der Waals surface area (Å²) in [6.07, 6.45) is 10.2. The van der Waals surface area contributed by atoms with Crippen LogP contribution < -0.4 is 5.32 Å². The molecule has 0 aliphatic carbocycles. The molecule has 1 fully saturated rings. The molecule has 0 radical (unpaired) electrons. The Morgan fingerprint density at radius 1 is 1.11 bits per heavy atom. The van der Waals surface area contributed by atoms with Crippen molar-refractivity contribution in [3.05, 3.63) is 71.9 Å². The van der Waals surface area contributed by atoms with Crippen molar-refractivity contribution in [2.45, 2.75) is 52.1 Å². The summed E-state index contributed by atoms with van der Waals surface area (Å²) in [5.74, 6) is 0.643. The molecule has 3 aromatic heterocycles. The fourth-order valence-corrected chi connectivity index (χ4v) is 4.51. The van der Waals surface area contributed by atoms with E-state index in [1.54, 1.807) is 12.4 Å². The first kappa shape index (κ1) is 24.8. The van der Waals surface area contributed by atoms with E-state index < -0.39 is 0 Å². The summed E-state index contributed by atoms with van der Waals surface area (Å²) in [5.41, 5.74) is 5.53. The molecule has 5 rings (SSSR count). The SMILES string of the molecule is Cc1cc(-c2ccnc(Nc3cnn(C4CN(C)C4)c3)n2)ccc1CCC(=O)c1cnn(C(C)(C)C)c1. The highest BCUT2D eigenvalue weighted by molar-refractivity contribution is 5.95. The lowest BCUT2D eigenvalue weighted by Gasteiger charge is -2.36. The topological polar surface area (TPSA) is 93.8 Å². The van der Waals surface area contributed by atoms with Gasteiger partial charge in [0.05, 0.1) is 40.9 Å². The predicted molar refractivity (Wildman–Crippen MR) is 144 cm³/mol. The van der Waals surface area contributed by atoms with Crippen LogP contribution in [0.25, 0.3) is 11.3 Å². The number of aryl methyl sites for hydroxylation is 2. The van der Waals surface area contributed by atoms with E-state index in [9.17, 15) is 4.79 Å². The van der Waals surface area contributed by atoms with Crippen LogP contribution in [0.5, 0.6) is 0 Å². The minimum Gasteiger partial charge on any atom is -0.321 e. The second-order valence-electron chi connectivity index (χ2n) is 10.9. The lowest BCUT2D eigenvalue weighted by Crippen LogP contribution is -2.45. The third kappa shape index (κ3) is 5.61. The number of likely N-dealkylation sites (N-methyl/N-ethyl adjacent to an activating group) is 1. The molecule has 1 N–H and O–H groups in total. The molecule has 1 aliphatic heterocycles. The average Bonchev–Trinajstić information content (AvgIpc) is 3.51. The van der Waals surface area contributed by atoms with Crippen LogP contribution in [-0.4, -0.2) is 60.3 Å². The van der Waals surface area contributed by atoms with E-state index >= 15 is 0 Å². The maximum absolute atomic E-state index is 12.7. The number of rotatable bonds is 8. The molecule has 0 saturated carbocycles. The van der Waals surface area contributed by atoms with E-state index in [0.29, 0.717) is 30.4 Å². The number of carbonyl (C=O) groups excluding carboxylic acids is 1. The number of ketones is 1. The summed E-state index contributed by atoms with van der Waals surface area (Å²) < 4.78 is 3.83. The predicted octanol–water partition coefficient (Wildman–Crippen LogP) is 4.65. The fraction of sp³-hybridized carbons (Fsp3) is 0.393. The smallest absolute Gasteiger partial charge is 0.227 e. The van der Waals surface area contributed by atoms with Crippen LogP contribution in [0.15, 0.2) is 55.2 Å². The van der Waals surface area contributed by atoms with Gasteiger partial charge in [-0.05, 0) is 64.4 Å². The summed E-state index contributed by atoms with van der Waals surface area (Å²) in [5, 5.41) is 12.1. The van der Waals surface area contributed by atoms with E-state index in [1.807, 2.05) is 34.0 Å². The van der Waals surface area contributed by atoms with Crippen LogP contribution in [0, 0.1) is 6.92 Å². The zero-order valence-electron chi connectivity index (χ0n) is 22.1. The molecule has 9 nitrogen and oxygen atoms in total. The second-order valence-corrected chi connectivity index (χ2v) is 10.9. The number of anilines is 2. The molecule has 37 heavy (non-hydrogen) atoms. The molecule has 0 bridgehead atoms. The Kier molecular flexibility index (Phi) is 6.64. The van der Waals surface area contributed by atoms with Crippen molar-refractivity contribution in [1.82, 2.24) is 34.4 Å². The number of aromatic nitrogens is 6. The molecule has 4 aromatic rings. The molecule has 4 heterocycles. The number of carbonyl (C=O) groups is 1. The van der Waals surface area contributed by atoms with Gasteiger partial charge in [0, 0.05) is 43.7 Å². The Balaban J connectivity index is 1.22. The molecule has 0 unspecified atom stereocenters. The first-order chi connectivity index (χ1) is 17.7. The number of nitrogens with zero attached hydrogens (tertiary/aromatic N) is 7. The molecule has 0 amide bonds. The summed E-state index contributed by atoms with van der Waals surface area (Å²) >= 11 is 0. The highest BCUT2D eigenvalue weighted by Gasteiger charge is 2.25. The quantitative estimate of drug-likeness (QED) is 0.354. The molecule has 192 valence electrons. The van der Waals surface area contributed by atoms with Crippen molar-refractivity contribution in [2.24, 2.45) is 0 Å².